The van der Waals surface area contributed by atoms with Gasteiger partial charge in [-0.15, -0.1) is 22.7 Å². The first-order valence-electron chi connectivity index (χ1n) is 12.1. The molecule has 0 radical (unpaired) electrons. The molecular weight excluding hydrogens is 728 g/mol. The molecular formula is C26H6B2F14O4S2. The lowest BCUT2D eigenvalue weighted by Crippen LogP contribution is -2.12. The van der Waals surface area contributed by atoms with Crippen LogP contribution in [0.25, 0.3) is 21.3 Å². The molecule has 4 aromatic rings. The topological polar surface area (TPSA) is 52.6 Å². The highest BCUT2D eigenvalue weighted by Crippen LogP contribution is 2.39. The molecule has 0 unspecified atom stereocenters. The Bertz CT molecular complexity index is 1810. The van der Waals surface area contributed by atoms with Crippen LogP contribution in [0.1, 0.15) is 30.5 Å². The summed E-state index contributed by atoms with van der Waals surface area (Å²) < 4.78 is 198. The summed E-state index contributed by atoms with van der Waals surface area (Å²) in [7, 11) is -7.37. The van der Waals surface area contributed by atoms with E-state index < -0.39 is 117 Å². The van der Waals surface area contributed by atoms with Gasteiger partial charge in [-0.1, -0.05) is 0 Å². The van der Waals surface area contributed by atoms with Crippen LogP contribution in [-0.2, 0) is 9.31 Å². The molecule has 2 aromatic carbocycles. The number of hydrogen-bond acceptors (Lipinski definition) is 6. The maximum atomic E-state index is 14.1. The van der Waals surface area contributed by atoms with Crippen molar-refractivity contribution in [2.24, 2.45) is 0 Å². The fraction of sp³-hybridized carbons (Fsp3) is 0. The number of carbonyl (C=O) groups excluding carboxylic acids is 2. The van der Waals surface area contributed by atoms with Crippen LogP contribution in [0.2, 0.25) is 0 Å². The Labute approximate surface area is 265 Å². The fourth-order valence-electron chi connectivity index (χ4n) is 3.75. The third-order valence-electron chi connectivity index (χ3n) is 5.81. The molecule has 48 heavy (non-hydrogen) atoms. The van der Waals surface area contributed by atoms with Crippen LogP contribution in [0.4, 0.5) is 61.2 Å². The van der Waals surface area contributed by atoms with E-state index in [2.05, 4.69) is 9.31 Å². The van der Waals surface area contributed by atoms with Crippen molar-refractivity contribution < 1.29 is 80.1 Å². The molecule has 4 nitrogen and oxygen atoms in total. The van der Waals surface area contributed by atoms with Gasteiger partial charge in [-0.05, 0) is 24.3 Å². The summed E-state index contributed by atoms with van der Waals surface area (Å²) in [5.41, 5.74) is -3.97. The Balaban J connectivity index is 1.72. The van der Waals surface area contributed by atoms with Crippen LogP contribution in [-0.4, -0.2) is 26.5 Å². The molecule has 0 aliphatic rings. The van der Waals surface area contributed by atoms with E-state index in [0.717, 1.165) is 24.3 Å². The highest BCUT2D eigenvalue weighted by molar-refractivity contribution is 7.23. The van der Waals surface area contributed by atoms with Crippen molar-refractivity contribution in [1.29, 1.82) is 0 Å². The van der Waals surface area contributed by atoms with E-state index in [1.807, 2.05) is 0 Å². The molecule has 0 fully saturated rings. The summed E-state index contributed by atoms with van der Waals surface area (Å²) in [4.78, 5) is 24.2. The molecule has 0 saturated heterocycles. The zero-order chi connectivity index (χ0) is 35.8. The number of allylic oxidation sites excluding steroid dienone is 2. The summed E-state index contributed by atoms with van der Waals surface area (Å²) in [6, 6.07) is 4.24. The normalized spacial score (nSPS) is 12.0. The summed E-state index contributed by atoms with van der Waals surface area (Å²) in [5, 5.41) is 0. The molecule has 250 valence electrons. The maximum Gasteiger partial charge on any atom is 0.796 e. The third-order valence-corrected chi connectivity index (χ3v) is 8.20. The van der Waals surface area contributed by atoms with Crippen molar-refractivity contribution in [3.8, 4) is 9.75 Å². The van der Waals surface area contributed by atoms with Gasteiger partial charge >= 0.3 is 14.9 Å². The van der Waals surface area contributed by atoms with Gasteiger partial charge in [0, 0.05) is 21.9 Å². The summed E-state index contributed by atoms with van der Waals surface area (Å²) in [5.74, 6) is -31.5. The van der Waals surface area contributed by atoms with Crippen LogP contribution < -0.4 is 0 Å². The molecule has 4 rings (SSSR count). The zero-order valence-electron chi connectivity index (χ0n) is 22.4. The Hall–Kier alpha value is -4.59. The molecule has 0 aliphatic heterocycles. The van der Waals surface area contributed by atoms with Crippen molar-refractivity contribution in [2.45, 2.75) is 0 Å². The molecule has 22 heteroatoms. The average Bonchev–Trinajstić information content (AvgIpc) is 3.71. The number of hydrogen-bond donors (Lipinski definition) is 0. The molecule has 0 saturated carbocycles. The minimum absolute atomic E-state index is 0.0161. The standard InChI is InChI=1S/C26H6B2F14O4S2/c29-17-15(18(30)22(34)25(37)21(17)33)7(43)5-9(45-27(39)40)11-1-3-13(47-11)14-4-2-12(48-14)10(46-28(41)42)6-8(44)16-19(31)23(35)26(38)24(36)20(16)32/h1-6H/b9-5-,10-6-. The van der Waals surface area contributed by atoms with Gasteiger partial charge in [0.25, 0.3) is 0 Å². The lowest BCUT2D eigenvalue weighted by molar-refractivity contribution is 0.102. The van der Waals surface area contributed by atoms with Gasteiger partial charge in [-0.25, -0.2) is 61.2 Å². The van der Waals surface area contributed by atoms with Crippen LogP contribution in [0.15, 0.2) is 36.4 Å². The van der Waals surface area contributed by atoms with E-state index in [1.54, 1.807) is 0 Å². The second-order valence-corrected chi connectivity index (χ2v) is 10.9. The monoisotopic (exact) mass is 734 g/mol. The van der Waals surface area contributed by atoms with Crippen molar-refractivity contribution in [3.63, 3.8) is 0 Å². The summed E-state index contributed by atoms with van der Waals surface area (Å²) >= 11 is 0.982. The SMILES string of the molecule is O=C(/C=C(\OB(F)F)c1ccc(-c2ccc(/C(=C/C(=O)c3c(F)c(F)c(F)c(F)c3F)OB(F)F)s2)s1)c1c(F)c(F)c(F)c(F)c1F. The molecule has 0 aliphatic carbocycles. The van der Waals surface area contributed by atoms with E-state index >= 15 is 0 Å². The number of rotatable bonds is 11. The fourth-order valence-corrected chi connectivity index (χ4v) is 5.77. The zero-order valence-corrected chi connectivity index (χ0v) is 24.0. The Morgan fingerprint density at radius 1 is 0.479 bits per heavy atom. The first-order chi connectivity index (χ1) is 22.4. The summed E-state index contributed by atoms with van der Waals surface area (Å²) in [6.07, 6.45) is 0.0322. The Morgan fingerprint density at radius 3 is 1.02 bits per heavy atom. The highest BCUT2D eigenvalue weighted by Gasteiger charge is 2.32. The Morgan fingerprint density at radius 2 is 0.750 bits per heavy atom. The van der Waals surface area contributed by atoms with Gasteiger partial charge in [0.2, 0.25) is 11.6 Å². The predicted molar refractivity (Wildman–Crippen MR) is 143 cm³/mol. The van der Waals surface area contributed by atoms with Gasteiger partial charge < -0.3 is 9.31 Å². The molecule has 2 aromatic heterocycles. The second-order valence-electron chi connectivity index (χ2n) is 8.72. The maximum absolute atomic E-state index is 14.1. The third kappa shape index (κ3) is 7.13. The van der Waals surface area contributed by atoms with Gasteiger partial charge in [0.15, 0.2) is 58.1 Å². The van der Waals surface area contributed by atoms with Crippen LogP contribution in [0.5, 0.6) is 0 Å². The average molecular weight is 734 g/mol. The van der Waals surface area contributed by atoms with Gasteiger partial charge in [-0.3, -0.25) is 9.59 Å². The minimum Gasteiger partial charge on any atom is -0.504 e. The van der Waals surface area contributed by atoms with Crippen molar-refractivity contribution in [1.82, 2.24) is 0 Å². The first-order valence-corrected chi connectivity index (χ1v) is 13.7. The lowest BCUT2D eigenvalue weighted by Gasteiger charge is -2.08. The largest absolute Gasteiger partial charge is 0.796 e. The minimum atomic E-state index is -3.69. The Kier molecular flexibility index (Phi) is 10.8. The van der Waals surface area contributed by atoms with Crippen LogP contribution in [0, 0.1) is 58.2 Å². The van der Waals surface area contributed by atoms with E-state index in [-0.39, 0.29) is 21.9 Å². The van der Waals surface area contributed by atoms with E-state index in [1.165, 1.54) is 0 Å². The van der Waals surface area contributed by atoms with Crippen LogP contribution >= 0.6 is 22.7 Å². The van der Waals surface area contributed by atoms with Gasteiger partial charge in [0.05, 0.1) is 20.9 Å². The van der Waals surface area contributed by atoms with Gasteiger partial charge in [0.1, 0.15) is 11.5 Å². The van der Waals surface area contributed by atoms with Crippen molar-refractivity contribution in [3.05, 3.63) is 115 Å². The molecule has 0 amide bonds. The molecule has 0 bridgehead atoms. The number of carbonyl (C=O) groups is 2. The van der Waals surface area contributed by atoms with Gasteiger partial charge in [-0.2, -0.15) is 0 Å². The summed E-state index contributed by atoms with van der Waals surface area (Å²) in [6.45, 7) is 0. The second kappa shape index (κ2) is 14.3. The lowest BCUT2D eigenvalue weighted by atomic mass is 10.1. The quantitative estimate of drug-likeness (QED) is 0.0294. The number of halogens is 14. The van der Waals surface area contributed by atoms with E-state index in [0.29, 0.717) is 22.7 Å². The molecule has 0 spiro atoms. The predicted octanol–water partition coefficient (Wildman–Crippen LogP) is 9.20. The number of thiophene rings is 2. The molecule has 2 heterocycles. The van der Waals surface area contributed by atoms with Crippen molar-refractivity contribution >= 4 is 60.7 Å². The van der Waals surface area contributed by atoms with Crippen LogP contribution in [0.3, 0.4) is 0 Å². The number of benzene rings is 2. The first kappa shape index (κ1) is 36.2. The van der Waals surface area contributed by atoms with E-state index in [4.69, 9.17) is 0 Å². The number of ketones is 2. The molecule has 0 atom stereocenters. The molecule has 0 N–H and O–H groups in total. The van der Waals surface area contributed by atoms with Crippen molar-refractivity contribution in [2.75, 3.05) is 0 Å². The highest BCUT2D eigenvalue weighted by atomic mass is 32.1. The smallest absolute Gasteiger partial charge is 0.504 e. The van der Waals surface area contributed by atoms with E-state index in [9.17, 15) is 70.8 Å².